The number of phenols is 1. The van der Waals surface area contributed by atoms with Crippen molar-refractivity contribution in [2.75, 3.05) is 7.05 Å². The topological polar surface area (TPSA) is 40.5 Å². The van der Waals surface area contributed by atoms with Gasteiger partial charge in [0.2, 0.25) is 0 Å². The van der Waals surface area contributed by atoms with E-state index in [1.165, 1.54) is 23.1 Å². The number of phenolic OH excluding ortho intramolecular Hbond substituents is 1. The van der Waals surface area contributed by atoms with E-state index in [-0.39, 0.29) is 17.5 Å². The van der Waals surface area contributed by atoms with E-state index in [1.54, 1.807) is 32.2 Å². The van der Waals surface area contributed by atoms with Gasteiger partial charge in [-0.05, 0) is 48.4 Å². The fourth-order valence-corrected chi connectivity index (χ4v) is 2.07. The molecule has 0 atom stereocenters. The van der Waals surface area contributed by atoms with Crippen LogP contribution in [0.1, 0.15) is 21.5 Å². The SMILES string of the molecule is Cc1cc(F)ccc1C(=O)N(C)Cc1cccc(O)c1. The Morgan fingerprint density at radius 1 is 1.25 bits per heavy atom. The number of aromatic hydroxyl groups is 1. The third kappa shape index (κ3) is 3.15. The molecule has 3 nitrogen and oxygen atoms in total. The van der Waals surface area contributed by atoms with Gasteiger partial charge in [-0.2, -0.15) is 0 Å². The zero-order chi connectivity index (χ0) is 14.7. The number of nitrogens with zero attached hydrogens (tertiary/aromatic N) is 1. The molecule has 0 radical (unpaired) electrons. The molecule has 0 spiro atoms. The fourth-order valence-electron chi connectivity index (χ4n) is 2.07. The minimum Gasteiger partial charge on any atom is -0.508 e. The van der Waals surface area contributed by atoms with Gasteiger partial charge in [-0.15, -0.1) is 0 Å². The summed E-state index contributed by atoms with van der Waals surface area (Å²) in [6.07, 6.45) is 0. The van der Waals surface area contributed by atoms with Crippen molar-refractivity contribution >= 4 is 5.91 Å². The monoisotopic (exact) mass is 273 g/mol. The Morgan fingerprint density at radius 3 is 2.65 bits per heavy atom. The third-order valence-electron chi connectivity index (χ3n) is 3.10. The van der Waals surface area contributed by atoms with E-state index in [9.17, 15) is 14.3 Å². The number of hydrogen-bond acceptors (Lipinski definition) is 2. The van der Waals surface area contributed by atoms with Crippen molar-refractivity contribution in [3.8, 4) is 5.75 Å². The van der Waals surface area contributed by atoms with Crippen LogP contribution in [0.15, 0.2) is 42.5 Å². The van der Waals surface area contributed by atoms with Crippen LogP contribution in [-0.2, 0) is 6.54 Å². The lowest BCUT2D eigenvalue weighted by Crippen LogP contribution is -2.26. The fraction of sp³-hybridized carbons (Fsp3) is 0.188. The summed E-state index contributed by atoms with van der Waals surface area (Å²) in [5.74, 6) is -0.359. The van der Waals surface area contributed by atoms with Gasteiger partial charge >= 0.3 is 0 Å². The average Bonchev–Trinajstić information content (AvgIpc) is 2.38. The molecule has 0 aliphatic rings. The maximum atomic E-state index is 13.1. The predicted molar refractivity (Wildman–Crippen MR) is 75.0 cm³/mol. The van der Waals surface area contributed by atoms with Crippen LogP contribution in [0, 0.1) is 12.7 Å². The van der Waals surface area contributed by atoms with E-state index >= 15 is 0 Å². The van der Waals surface area contributed by atoms with Crippen LogP contribution in [0.4, 0.5) is 4.39 Å². The third-order valence-corrected chi connectivity index (χ3v) is 3.10. The van der Waals surface area contributed by atoms with Crippen LogP contribution >= 0.6 is 0 Å². The molecule has 0 saturated carbocycles. The largest absolute Gasteiger partial charge is 0.508 e. The molecule has 1 N–H and O–H groups in total. The Bertz CT molecular complexity index is 640. The lowest BCUT2D eigenvalue weighted by molar-refractivity contribution is 0.0784. The smallest absolute Gasteiger partial charge is 0.254 e. The average molecular weight is 273 g/mol. The molecule has 0 aromatic heterocycles. The highest BCUT2D eigenvalue weighted by atomic mass is 19.1. The van der Waals surface area contributed by atoms with Gasteiger partial charge in [-0.3, -0.25) is 4.79 Å². The first kappa shape index (κ1) is 14.1. The Kier molecular flexibility index (Phi) is 4.03. The number of carbonyl (C=O) groups is 1. The number of hydrogen-bond donors (Lipinski definition) is 1. The summed E-state index contributed by atoms with van der Waals surface area (Å²) in [6.45, 7) is 2.09. The van der Waals surface area contributed by atoms with Gasteiger partial charge < -0.3 is 10.0 Å². The molecule has 0 aliphatic carbocycles. The summed E-state index contributed by atoms with van der Waals surface area (Å²) in [5.41, 5.74) is 1.92. The Labute approximate surface area is 117 Å². The van der Waals surface area contributed by atoms with Crippen LogP contribution in [0.5, 0.6) is 5.75 Å². The molecular formula is C16H16FNO2. The normalized spacial score (nSPS) is 10.3. The van der Waals surface area contributed by atoms with E-state index in [4.69, 9.17) is 0 Å². The lowest BCUT2D eigenvalue weighted by Gasteiger charge is -2.18. The van der Waals surface area contributed by atoms with Gasteiger partial charge in [-0.25, -0.2) is 4.39 Å². The van der Waals surface area contributed by atoms with Crippen molar-refractivity contribution in [3.63, 3.8) is 0 Å². The van der Waals surface area contributed by atoms with Crippen LogP contribution < -0.4 is 0 Å². The number of aryl methyl sites for hydroxylation is 1. The molecule has 0 unspecified atom stereocenters. The van der Waals surface area contributed by atoms with Crippen LogP contribution in [0.3, 0.4) is 0 Å². The molecule has 2 aromatic rings. The minimum absolute atomic E-state index is 0.168. The number of halogens is 1. The highest BCUT2D eigenvalue weighted by Gasteiger charge is 2.14. The molecule has 104 valence electrons. The van der Waals surface area contributed by atoms with Crippen molar-refractivity contribution in [2.24, 2.45) is 0 Å². The highest BCUT2D eigenvalue weighted by molar-refractivity contribution is 5.95. The van der Waals surface area contributed by atoms with Crippen LogP contribution in [0.25, 0.3) is 0 Å². The maximum absolute atomic E-state index is 13.1. The molecule has 1 amide bonds. The first-order valence-corrected chi connectivity index (χ1v) is 6.27. The van der Waals surface area contributed by atoms with Crippen molar-refractivity contribution < 1.29 is 14.3 Å². The van der Waals surface area contributed by atoms with Crippen LogP contribution in [-0.4, -0.2) is 23.0 Å². The van der Waals surface area contributed by atoms with E-state index in [0.717, 1.165) is 5.56 Å². The molecule has 20 heavy (non-hydrogen) atoms. The number of carbonyl (C=O) groups excluding carboxylic acids is 1. The Hall–Kier alpha value is -2.36. The number of rotatable bonds is 3. The first-order valence-electron chi connectivity index (χ1n) is 6.27. The summed E-state index contributed by atoms with van der Waals surface area (Å²) < 4.78 is 13.1. The second-order valence-corrected chi connectivity index (χ2v) is 4.79. The second-order valence-electron chi connectivity index (χ2n) is 4.79. The highest BCUT2D eigenvalue weighted by Crippen LogP contribution is 2.16. The molecule has 0 aliphatic heterocycles. The van der Waals surface area contributed by atoms with Gasteiger partial charge in [0.05, 0.1) is 0 Å². The molecule has 0 bridgehead atoms. The summed E-state index contributed by atoms with van der Waals surface area (Å²) in [5, 5.41) is 9.41. The summed E-state index contributed by atoms with van der Waals surface area (Å²) >= 11 is 0. The number of benzene rings is 2. The number of amides is 1. The second kappa shape index (κ2) is 5.74. The van der Waals surface area contributed by atoms with E-state index in [0.29, 0.717) is 17.7 Å². The standard InChI is InChI=1S/C16H16FNO2/c1-11-8-13(17)6-7-15(11)16(20)18(2)10-12-4-3-5-14(19)9-12/h3-9,19H,10H2,1-2H3. The van der Waals surface area contributed by atoms with Gasteiger partial charge in [-0.1, -0.05) is 12.1 Å². The van der Waals surface area contributed by atoms with Gasteiger partial charge in [0.1, 0.15) is 11.6 Å². The molecular weight excluding hydrogens is 257 g/mol. The first-order chi connectivity index (χ1) is 9.47. The van der Waals surface area contributed by atoms with E-state index < -0.39 is 0 Å². The molecule has 0 heterocycles. The zero-order valence-electron chi connectivity index (χ0n) is 11.4. The molecule has 4 heteroatoms. The molecule has 0 saturated heterocycles. The lowest BCUT2D eigenvalue weighted by atomic mass is 10.1. The molecule has 2 aromatic carbocycles. The predicted octanol–water partition coefficient (Wildman–Crippen LogP) is 3.11. The Morgan fingerprint density at radius 2 is 2.00 bits per heavy atom. The maximum Gasteiger partial charge on any atom is 0.254 e. The quantitative estimate of drug-likeness (QED) is 0.933. The molecule has 0 fully saturated rings. The van der Waals surface area contributed by atoms with Crippen molar-refractivity contribution in [3.05, 3.63) is 65.0 Å². The van der Waals surface area contributed by atoms with Crippen molar-refractivity contribution in [2.45, 2.75) is 13.5 Å². The van der Waals surface area contributed by atoms with Gasteiger partial charge in [0, 0.05) is 19.2 Å². The molecule has 2 rings (SSSR count). The van der Waals surface area contributed by atoms with E-state index in [2.05, 4.69) is 0 Å². The zero-order valence-corrected chi connectivity index (χ0v) is 11.4. The van der Waals surface area contributed by atoms with Gasteiger partial charge in [0.25, 0.3) is 5.91 Å². The Balaban J connectivity index is 2.16. The summed E-state index contributed by atoms with van der Waals surface area (Å²) in [7, 11) is 1.68. The van der Waals surface area contributed by atoms with Gasteiger partial charge in [0.15, 0.2) is 0 Å². The minimum atomic E-state index is -0.352. The summed E-state index contributed by atoms with van der Waals surface area (Å²) in [4.78, 5) is 13.8. The van der Waals surface area contributed by atoms with Crippen LogP contribution in [0.2, 0.25) is 0 Å². The summed E-state index contributed by atoms with van der Waals surface area (Å²) in [6, 6.07) is 10.9. The van der Waals surface area contributed by atoms with Crippen molar-refractivity contribution in [1.29, 1.82) is 0 Å². The van der Waals surface area contributed by atoms with E-state index in [1.807, 2.05) is 6.07 Å². The van der Waals surface area contributed by atoms with Crippen molar-refractivity contribution in [1.82, 2.24) is 4.90 Å².